The summed E-state index contributed by atoms with van der Waals surface area (Å²) < 4.78 is 6.41. The molecule has 1 amide bonds. The number of piperazine rings is 1. The number of hydrogen-bond donors (Lipinski definition) is 0. The summed E-state index contributed by atoms with van der Waals surface area (Å²) in [5, 5.41) is 0.722. The zero-order valence-corrected chi connectivity index (χ0v) is 20.8. The molecule has 1 aliphatic heterocycles. The lowest BCUT2D eigenvalue weighted by molar-refractivity contribution is 0.00341. The number of ether oxygens (including phenoxy) is 1. The Kier molecular flexibility index (Phi) is 8.39. The van der Waals surface area contributed by atoms with Crippen LogP contribution >= 0.6 is 11.6 Å². The van der Waals surface area contributed by atoms with Gasteiger partial charge in [-0.2, -0.15) is 0 Å². The molecule has 0 aliphatic carbocycles. The van der Waals surface area contributed by atoms with Gasteiger partial charge < -0.3 is 9.64 Å². The quantitative estimate of drug-likeness (QED) is 0.404. The molecule has 34 heavy (non-hydrogen) atoms. The lowest BCUT2D eigenvalue weighted by Crippen LogP contribution is -2.49. The minimum absolute atomic E-state index is 0.0679. The molecule has 4 nitrogen and oxygen atoms in total. The van der Waals surface area contributed by atoms with Crippen LogP contribution in [-0.4, -0.2) is 48.4 Å². The van der Waals surface area contributed by atoms with Crippen LogP contribution in [0.5, 0.6) is 0 Å². The fourth-order valence-corrected chi connectivity index (χ4v) is 4.49. The van der Waals surface area contributed by atoms with E-state index in [-0.39, 0.29) is 12.0 Å². The van der Waals surface area contributed by atoms with Gasteiger partial charge in [-0.05, 0) is 54.3 Å². The molecule has 4 rings (SSSR count). The lowest BCUT2D eigenvalue weighted by atomic mass is 10.1. The maximum atomic E-state index is 12.9. The van der Waals surface area contributed by atoms with Crippen molar-refractivity contribution in [1.82, 2.24) is 9.80 Å². The summed E-state index contributed by atoms with van der Waals surface area (Å²) >= 11 is 6.12. The van der Waals surface area contributed by atoms with Crippen LogP contribution in [0.3, 0.4) is 0 Å². The number of benzene rings is 3. The third-order valence-electron chi connectivity index (χ3n) is 6.47. The van der Waals surface area contributed by atoms with E-state index in [0.717, 1.165) is 55.3 Å². The van der Waals surface area contributed by atoms with Gasteiger partial charge in [0.25, 0.3) is 5.91 Å². The number of halogens is 1. The van der Waals surface area contributed by atoms with E-state index in [4.69, 9.17) is 16.3 Å². The smallest absolute Gasteiger partial charge is 0.253 e. The summed E-state index contributed by atoms with van der Waals surface area (Å²) in [6.07, 6.45) is 0.912. The van der Waals surface area contributed by atoms with Crippen molar-refractivity contribution in [2.45, 2.75) is 33.0 Å². The highest BCUT2D eigenvalue weighted by Crippen LogP contribution is 2.24. The standard InChI is InChI=1S/C29H33ClN2O2/c1-3-23-7-9-26(10-8-23)29(33)32-17-15-31(16-18-32)20-28(25-11-13-27(30)14-12-25)34-21-24-6-4-5-22(2)19-24/h4-14,19,28H,3,15-18,20-21H2,1-2H3/t28-/m1/s1. The summed E-state index contributed by atoms with van der Waals surface area (Å²) in [6.45, 7) is 8.66. The van der Waals surface area contributed by atoms with Crippen molar-refractivity contribution in [2.24, 2.45) is 0 Å². The SMILES string of the molecule is CCc1ccc(C(=O)N2CCN(C[C@@H](OCc3cccc(C)c3)c3ccc(Cl)cc3)CC2)cc1. The van der Waals surface area contributed by atoms with Crippen molar-refractivity contribution < 1.29 is 9.53 Å². The molecular weight excluding hydrogens is 444 g/mol. The van der Waals surface area contributed by atoms with Crippen LogP contribution in [0, 0.1) is 6.92 Å². The molecule has 0 bridgehead atoms. The zero-order valence-electron chi connectivity index (χ0n) is 20.0. The van der Waals surface area contributed by atoms with Crippen LogP contribution in [0.25, 0.3) is 0 Å². The fourth-order valence-electron chi connectivity index (χ4n) is 4.36. The number of rotatable bonds is 8. The topological polar surface area (TPSA) is 32.8 Å². The van der Waals surface area contributed by atoms with Gasteiger partial charge in [-0.1, -0.05) is 72.6 Å². The van der Waals surface area contributed by atoms with E-state index in [1.165, 1.54) is 16.7 Å². The minimum Gasteiger partial charge on any atom is -0.368 e. The van der Waals surface area contributed by atoms with Crippen LogP contribution in [0.15, 0.2) is 72.8 Å². The highest BCUT2D eigenvalue weighted by Gasteiger charge is 2.25. The van der Waals surface area contributed by atoms with Crippen LogP contribution in [0.2, 0.25) is 5.02 Å². The largest absolute Gasteiger partial charge is 0.368 e. The van der Waals surface area contributed by atoms with Gasteiger partial charge in [-0.3, -0.25) is 9.69 Å². The molecule has 0 aromatic heterocycles. The van der Waals surface area contributed by atoms with E-state index in [9.17, 15) is 4.79 Å². The lowest BCUT2D eigenvalue weighted by Gasteiger charge is -2.36. The number of carbonyl (C=O) groups excluding carboxylic acids is 1. The molecule has 3 aromatic rings. The predicted molar refractivity (Wildman–Crippen MR) is 138 cm³/mol. The second-order valence-corrected chi connectivity index (χ2v) is 9.42. The summed E-state index contributed by atoms with van der Waals surface area (Å²) in [6, 6.07) is 24.3. The highest BCUT2D eigenvalue weighted by atomic mass is 35.5. The Labute approximate surface area is 208 Å². The molecule has 1 atom stereocenters. The molecule has 0 radical (unpaired) electrons. The van der Waals surface area contributed by atoms with Gasteiger partial charge in [0.15, 0.2) is 0 Å². The third-order valence-corrected chi connectivity index (χ3v) is 6.72. The summed E-state index contributed by atoms with van der Waals surface area (Å²) in [4.78, 5) is 17.3. The molecular formula is C29H33ClN2O2. The molecule has 0 spiro atoms. The van der Waals surface area contributed by atoms with Gasteiger partial charge in [0.1, 0.15) is 0 Å². The first-order chi connectivity index (χ1) is 16.5. The fraction of sp³-hybridized carbons (Fsp3) is 0.345. The Hall–Kier alpha value is -2.66. The molecule has 0 N–H and O–H groups in total. The van der Waals surface area contributed by atoms with Gasteiger partial charge >= 0.3 is 0 Å². The normalized spacial score (nSPS) is 15.3. The van der Waals surface area contributed by atoms with Crippen LogP contribution in [-0.2, 0) is 17.8 Å². The summed E-state index contributed by atoms with van der Waals surface area (Å²) in [5.41, 5.74) is 5.54. The van der Waals surface area contributed by atoms with Crippen molar-refractivity contribution in [2.75, 3.05) is 32.7 Å². The number of carbonyl (C=O) groups is 1. The number of nitrogens with zero attached hydrogens (tertiary/aromatic N) is 2. The van der Waals surface area contributed by atoms with E-state index in [0.29, 0.717) is 6.61 Å². The maximum Gasteiger partial charge on any atom is 0.253 e. The molecule has 5 heteroatoms. The Morgan fingerprint density at radius 3 is 2.29 bits per heavy atom. The van der Waals surface area contributed by atoms with Crippen molar-refractivity contribution in [3.63, 3.8) is 0 Å². The van der Waals surface area contributed by atoms with Crippen LogP contribution in [0.4, 0.5) is 0 Å². The Bertz CT molecular complexity index is 1070. The van der Waals surface area contributed by atoms with Gasteiger partial charge in [-0.25, -0.2) is 0 Å². The van der Waals surface area contributed by atoms with E-state index < -0.39 is 0 Å². The first kappa shape index (κ1) is 24.5. The second kappa shape index (κ2) is 11.7. The molecule has 178 valence electrons. The first-order valence-electron chi connectivity index (χ1n) is 12.0. The molecule has 1 aliphatic rings. The zero-order chi connectivity index (χ0) is 23.9. The van der Waals surface area contributed by atoms with Gasteiger partial charge in [0.2, 0.25) is 0 Å². The molecule has 1 heterocycles. The van der Waals surface area contributed by atoms with E-state index in [2.05, 4.69) is 43.0 Å². The Morgan fingerprint density at radius 2 is 1.65 bits per heavy atom. The van der Waals surface area contributed by atoms with Gasteiger partial charge in [0, 0.05) is 43.3 Å². The Morgan fingerprint density at radius 1 is 0.941 bits per heavy atom. The van der Waals surface area contributed by atoms with Gasteiger partial charge in [-0.15, -0.1) is 0 Å². The maximum absolute atomic E-state index is 12.9. The monoisotopic (exact) mass is 476 g/mol. The van der Waals surface area contributed by atoms with Crippen molar-refractivity contribution >= 4 is 17.5 Å². The molecule has 1 saturated heterocycles. The van der Waals surface area contributed by atoms with E-state index in [1.807, 2.05) is 53.4 Å². The van der Waals surface area contributed by atoms with E-state index >= 15 is 0 Å². The predicted octanol–water partition coefficient (Wildman–Crippen LogP) is 5.93. The van der Waals surface area contributed by atoms with Crippen LogP contribution < -0.4 is 0 Å². The summed E-state index contributed by atoms with van der Waals surface area (Å²) in [7, 11) is 0. The highest BCUT2D eigenvalue weighted by molar-refractivity contribution is 6.30. The molecule has 3 aromatic carbocycles. The molecule has 1 fully saturated rings. The van der Waals surface area contributed by atoms with Crippen molar-refractivity contribution in [3.05, 3.63) is 106 Å². The molecule has 0 unspecified atom stereocenters. The Balaban J connectivity index is 1.37. The number of aryl methyl sites for hydroxylation is 2. The van der Waals surface area contributed by atoms with Gasteiger partial charge in [0.05, 0.1) is 12.7 Å². The minimum atomic E-state index is -0.0679. The average molecular weight is 477 g/mol. The number of amides is 1. The number of hydrogen-bond acceptors (Lipinski definition) is 3. The molecule has 0 saturated carbocycles. The first-order valence-corrected chi connectivity index (χ1v) is 12.4. The third kappa shape index (κ3) is 6.47. The van der Waals surface area contributed by atoms with Crippen molar-refractivity contribution in [1.29, 1.82) is 0 Å². The average Bonchev–Trinajstić information content (AvgIpc) is 2.87. The van der Waals surface area contributed by atoms with Crippen LogP contribution in [0.1, 0.15) is 45.6 Å². The summed E-state index contributed by atoms with van der Waals surface area (Å²) in [5.74, 6) is 0.118. The van der Waals surface area contributed by atoms with Crippen molar-refractivity contribution in [3.8, 4) is 0 Å². The van der Waals surface area contributed by atoms with E-state index in [1.54, 1.807) is 0 Å². The second-order valence-electron chi connectivity index (χ2n) is 8.98.